The quantitative estimate of drug-likeness (QED) is 0.226. The number of phosphoric acid groups is 2. The summed E-state index contributed by atoms with van der Waals surface area (Å²) in [6.07, 6.45) is -2.19. The van der Waals surface area contributed by atoms with E-state index in [0.717, 1.165) is 0 Å². The molecule has 0 spiro atoms. The molecule has 0 saturated heterocycles. The average molecular weight is 509 g/mol. The summed E-state index contributed by atoms with van der Waals surface area (Å²) in [4.78, 5) is 33.8. The van der Waals surface area contributed by atoms with Gasteiger partial charge in [-0.15, -0.1) is 12.4 Å². The molecule has 1 atom stereocenters. The van der Waals surface area contributed by atoms with E-state index < -0.39 is 21.8 Å². The van der Waals surface area contributed by atoms with Gasteiger partial charge in [0.15, 0.2) is 0 Å². The van der Waals surface area contributed by atoms with E-state index in [-0.39, 0.29) is 268 Å². The summed E-state index contributed by atoms with van der Waals surface area (Å²) in [7, 11) is -10.5. The van der Waals surface area contributed by atoms with E-state index in [1.807, 2.05) is 0 Å². The van der Waals surface area contributed by atoms with Gasteiger partial charge >= 0.3 is 262 Å². The molecule has 0 fully saturated rings. The van der Waals surface area contributed by atoms with Gasteiger partial charge in [0, 0.05) is 0 Å². The third-order valence-electron chi connectivity index (χ3n) is 0.403. The first-order valence-corrected chi connectivity index (χ1v) is 5.17. The van der Waals surface area contributed by atoms with Crippen molar-refractivity contribution in [3.05, 3.63) is 0 Å². The summed E-state index contributed by atoms with van der Waals surface area (Å²) >= 11 is 0. The van der Waals surface area contributed by atoms with Crippen molar-refractivity contribution in [2.45, 2.75) is 0 Å². The van der Waals surface area contributed by atoms with Crippen LogP contribution in [0.5, 0.6) is 0 Å². The number of carbonyl (C=O) groups is 1. The summed E-state index contributed by atoms with van der Waals surface area (Å²) in [5.41, 5.74) is 0. The maximum Gasteiger partial charge on any atom is 2.00 e. The van der Waals surface area contributed by atoms with Gasteiger partial charge in [-0.25, -0.2) is 13.9 Å². The van der Waals surface area contributed by atoms with Crippen LogP contribution in [0.15, 0.2) is 0 Å². The molecule has 0 aliphatic rings. The zero-order valence-electron chi connectivity index (χ0n) is 21.2. The molecule has 0 aromatic heterocycles. The van der Waals surface area contributed by atoms with Gasteiger partial charge in [-0.05, 0) is 0 Å². The Morgan fingerprint density at radius 3 is 1.37 bits per heavy atom. The molecule has 0 amide bonds. The molecule has 0 radical (unpaired) electrons. The van der Waals surface area contributed by atoms with Crippen LogP contribution in [0.2, 0.25) is 0 Å². The molecule has 0 saturated carbocycles. The van der Waals surface area contributed by atoms with Crippen LogP contribution >= 0.6 is 28.1 Å². The Kier molecular flexibility index (Phi) is 68.5. The van der Waals surface area contributed by atoms with Crippen molar-refractivity contribution < 1.29 is 110 Å². The molecule has 102 valence electrons. The SMILES string of the molecule is Cl.O=C(O)OP(=O)(O)OP(=O)(O)O.[Ca+2].[Ca+2].[Ca+2].[Ca+2].[Ca+2].[H-].[H-].[H-].[H-].[H-].[H-].[H-].[H-].[H-].[H-].[H-].[K+]. The van der Waals surface area contributed by atoms with E-state index in [0.29, 0.717) is 0 Å². The van der Waals surface area contributed by atoms with Crippen LogP contribution in [0.25, 0.3) is 0 Å². The second-order valence-corrected chi connectivity index (χ2v) is 4.15. The Hall–Kier alpha value is 7.80. The zero-order chi connectivity index (χ0) is 9.99. The standard InChI is InChI=1S/CH4O9P2.5Ca.ClH.K.11H/c2-1(3)9-12(7,8)10-11(4,5)6;;;;;;;;;;;;;;;;;;/h(H,2,3)(H,7,8)(H2,4,5,6);;;;;;1H;;;;;;;;;;;;/q;5*+2;;+1;11*-1. The van der Waals surface area contributed by atoms with Crippen molar-refractivity contribution in [3.8, 4) is 0 Å². The average Bonchev–Trinajstić information content (AvgIpc) is 1.48. The minimum Gasteiger partial charge on any atom is -1.00 e. The van der Waals surface area contributed by atoms with E-state index in [4.69, 9.17) is 19.8 Å². The first-order valence-electron chi connectivity index (χ1n) is 2.14. The summed E-state index contributed by atoms with van der Waals surface area (Å²) in [5.74, 6) is 0. The second-order valence-electron chi connectivity index (χ2n) is 1.40. The number of hydrogen-bond acceptors (Lipinski definition) is 5. The van der Waals surface area contributed by atoms with Crippen molar-refractivity contribution in [2.24, 2.45) is 0 Å². The van der Waals surface area contributed by atoms with Gasteiger partial charge in [-0.2, -0.15) is 4.31 Å². The summed E-state index contributed by atoms with van der Waals surface area (Å²) in [5, 5.41) is 7.76. The normalized spacial score (nSPS) is 10.5. The van der Waals surface area contributed by atoms with Crippen LogP contribution in [-0.4, -0.2) is 215 Å². The number of carboxylic acid groups (broad SMARTS) is 1. The fourth-order valence-corrected chi connectivity index (χ4v) is 1.66. The molecule has 0 bridgehead atoms. The van der Waals surface area contributed by atoms with Gasteiger partial charge < -0.3 is 35.1 Å². The fourth-order valence-electron chi connectivity index (χ4n) is 0.250. The molecule has 0 aliphatic carbocycles. The first kappa shape index (κ1) is 50.5. The summed E-state index contributed by atoms with van der Waals surface area (Å²) in [6, 6.07) is 0. The smallest absolute Gasteiger partial charge is 1.00 e. The van der Waals surface area contributed by atoms with Crippen LogP contribution in [0.4, 0.5) is 4.79 Å². The van der Waals surface area contributed by atoms with E-state index in [1.54, 1.807) is 0 Å². The van der Waals surface area contributed by atoms with Gasteiger partial charge in [0.2, 0.25) is 0 Å². The van der Waals surface area contributed by atoms with E-state index >= 15 is 0 Å². The molecule has 0 aromatic carbocycles. The van der Waals surface area contributed by atoms with Crippen LogP contribution in [0, 0.1) is 0 Å². The zero-order valence-corrected chi connectivity index (χ0v) is 26.9. The van der Waals surface area contributed by atoms with Crippen molar-refractivity contribution >= 4 is 223 Å². The predicted molar refractivity (Wildman–Crippen MR) is 80.3 cm³/mol. The second kappa shape index (κ2) is 25.8. The van der Waals surface area contributed by atoms with Crippen LogP contribution in [0.1, 0.15) is 15.7 Å². The maximum atomic E-state index is 10.3. The van der Waals surface area contributed by atoms with Crippen molar-refractivity contribution in [1.29, 1.82) is 0 Å². The Balaban J connectivity index is -0.00000000395. The number of phosphoric ester groups is 1. The van der Waals surface area contributed by atoms with Crippen molar-refractivity contribution in [2.75, 3.05) is 0 Å². The number of hydrogen-bond donors (Lipinski definition) is 4. The molecule has 19 heavy (non-hydrogen) atoms. The van der Waals surface area contributed by atoms with Crippen LogP contribution in [0.3, 0.4) is 0 Å². The van der Waals surface area contributed by atoms with Crippen molar-refractivity contribution in [1.82, 2.24) is 0 Å². The molecule has 4 N–H and O–H groups in total. The Labute approximate surface area is 323 Å². The molecule has 0 rings (SSSR count). The number of rotatable bonds is 3. The molecular formula is CH16Ca5ClKO9P2. The van der Waals surface area contributed by atoms with Crippen molar-refractivity contribution in [3.63, 3.8) is 0 Å². The molecular weight excluding hydrogens is 493 g/mol. The molecule has 0 aliphatic heterocycles. The van der Waals surface area contributed by atoms with E-state index in [9.17, 15) is 13.9 Å². The predicted octanol–water partition coefficient (Wildman–Crippen LogP) is -3.35. The fraction of sp³-hybridized carbons (Fsp3) is 0. The van der Waals surface area contributed by atoms with Gasteiger partial charge in [-0.1, -0.05) is 0 Å². The summed E-state index contributed by atoms with van der Waals surface area (Å²) < 4.78 is 26.4. The largest absolute Gasteiger partial charge is 2.00 e. The Bertz CT molecular complexity index is 314. The van der Waals surface area contributed by atoms with Gasteiger partial charge in [0.25, 0.3) is 0 Å². The summed E-state index contributed by atoms with van der Waals surface area (Å²) in [6.45, 7) is 0. The Morgan fingerprint density at radius 1 is 0.947 bits per heavy atom. The Morgan fingerprint density at radius 2 is 1.21 bits per heavy atom. The monoisotopic (exact) mass is 508 g/mol. The van der Waals surface area contributed by atoms with Gasteiger partial charge in [0.1, 0.15) is 0 Å². The molecule has 9 nitrogen and oxygen atoms in total. The molecule has 1 unspecified atom stereocenters. The first-order chi connectivity index (χ1) is 5.12. The van der Waals surface area contributed by atoms with Crippen LogP contribution < -0.4 is 51.4 Å². The third kappa shape index (κ3) is 41.3. The third-order valence-corrected chi connectivity index (χ3v) is 2.47. The van der Waals surface area contributed by atoms with Gasteiger partial charge in [-0.3, -0.25) is 4.89 Å². The number of halogens is 1. The molecule has 0 heterocycles. The topological polar surface area (TPSA) is 151 Å². The molecule has 0 aromatic rings. The minimum absolute atomic E-state index is 0. The van der Waals surface area contributed by atoms with Crippen LogP contribution in [-0.2, 0) is 18.0 Å². The minimum atomic E-state index is -5.24. The van der Waals surface area contributed by atoms with E-state index in [1.165, 1.54) is 0 Å². The van der Waals surface area contributed by atoms with E-state index in [2.05, 4.69) is 8.83 Å². The molecule has 18 heteroatoms. The maximum absolute atomic E-state index is 10.3. The van der Waals surface area contributed by atoms with Gasteiger partial charge in [0.05, 0.1) is 0 Å².